The smallest absolute Gasteiger partial charge is 0.282 e. The summed E-state index contributed by atoms with van der Waals surface area (Å²) in [7, 11) is 0. The number of likely N-dealkylation sites (tertiary alicyclic amines) is 1. The van der Waals surface area contributed by atoms with Crippen molar-refractivity contribution in [3.8, 4) is 0 Å². The van der Waals surface area contributed by atoms with Gasteiger partial charge in [-0.3, -0.25) is 4.79 Å². The molecule has 5 heteroatoms. The predicted octanol–water partition coefficient (Wildman–Crippen LogP) is 2.14. The number of carbonyl (C=O) groups excluding carboxylic acids is 1. The topological polar surface area (TPSA) is 33.5 Å². The third kappa shape index (κ3) is 4.49. The lowest BCUT2D eigenvalue weighted by Crippen LogP contribution is -3.16. The van der Waals surface area contributed by atoms with Crippen LogP contribution in [0.15, 0.2) is 18.2 Å². The highest BCUT2D eigenvalue weighted by atomic mass is 19.1. The maximum Gasteiger partial charge on any atom is 0.282 e. The van der Waals surface area contributed by atoms with Crippen molar-refractivity contribution in [3.05, 3.63) is 29.8 Å². The Kier molecular flexibility index (Phi) is 5.67. The first-order valence-electron chi connectivity index (χ1n) is 7.68. The monoisotopic (exact) mass is 297 g/mol. The highest BCUT2D eigenvalue weighted by Gasteiger charge is 2.26. The molecule has 2 N–H and O–H groups in total. The van der Waals surface area contributed by atoms with Crippen LogP contribution in [0.4, 0.5) is 14.5 Å². The molecular weight excluding hydrogens is 274 g/mol. The van der Waals surface area contributed by atoms with E-state index in [0.717, 1.165) is 44.1 Å². The van der Waals surface area contributed by atoms with Crippen LogP contribution in [-0.2, 0) is 4.79 Å². The molecule has 0 unspecified atom stereocenters. The van der Waals surface area contributed by atoms with Crippen molar-refractivity contribution in [3.63, 3.8) is 0 Å². The number of benzene rings is 1. The van der Waals surface area contributed by atoms with E-state index in [2.05, 4.69) is 5.32 Å². The third-order valence-electron chi connectivity index (χ3n) is 4.19. The molecule has 0 radical (unpaired) electrons. The van der Waals surface area contributed by atoms with Gasteiger partial charge < -0.3 is 10.2 Å². The molecule has 0 aliphatic carbocycles. The number of quaternary nitrogens is 1. The number of carbonyl (C=O) groups is 1. The molecule has 21 heavy (non-hydrogen) atoms. The number of rotatable bonds is 3. The minimum atomic E-state index is -0.611. The second-order valence-corrected chi connectivity index (χ2v) is 5.76. The summed E-state index contributed by atoms with van der Waals surface area (Å²) in [5.41, 5.74) is -0.0849. The van der Waals surface area contributed by atoms with Gasteiger partial charge in [0.05, 0.1) is 18.8 Å². The van der Waals surface area contributed by atoms with Crippen LogP contribution in [-0.4, -0.2) is 25.0 Å². The Morgan fingerprint density at radius 2 is 1.76 bits per heavy atom. The molecule has 1 aromatic carbocycles. The van der Waals surface area contributed by atoms with Crippen LogP contribution >= 0.6 is 0 Å². The minimum absolute atomic E-state index is 0.0849. The Morgan fingerprint density at radius 3 is 2.43 bits per heavy atom. The lowest BCUT2D eigenvalue weighted by atomic mass is 10.1. The molecule has 1 heterocycles. The fourth-order valence-corrected chi connectivity index (χ4v) is 2.81. The first-order valence-corrected chi connectivity index (χ1v) is 7.68. The summed E-state index contributed by atoms with van der Waals surface area (Å²) in [5, 5.41) is 2.51. The van der Waals surface area contributed by atoms with E-state index >= 15 is 0 Å². The Morgan fingerprint density at radius 1 is 1.14 bits per heavy atom. The first-order chi connectivity index (χ1) is 10.1. The molecule has 2 rings (SSSR count). The van der Waals surface area contributed by atoms with Gasteiger partial charge in [-0.1, -0.05) is 6.42 Å². The van der Waals surface area contributed by atoms with Crippen molar-refractivity contribution in [2.75, 3.05) is 18.4 Å². The molecule has 0 aromatic heterocycles. The van der Waals surface area contributed by atoms with Gasteiger partial charge in [0.15, 0.2) is 6.04 Å². The van der Waals surface area contributed by atoms with Crippen LogP contribution in [0.25, 0.3) is 0 Å². The van der Waals surface area contributed by atoms with Crippen LogP contribution in [0, 0.1) is 11.6 Å². The average Bonchev–Trinajstić information content (AvgIpc) is 2.42. The van der Waals surface area contributed by atoms with Gasteiger partial charge in [0.1, 0.15) is 11.6 Å². The molecule has 0 saturated carbocycles. The second-order valence-electron chi connectivity index (χ2n) is 5.76. The molecule has 1 amide bonds. The normalized spacial score (nSPS) is 18.6. The summed E-state index contributed by atoms with van der Waals surface area (Å²) in [6.45, 7) is 3.77. The van der Waals surface area contributed by atoms with Crippen molar-refractivity contribution in [1.29, 1.82) is 0 Å². The van der Waals surface area contributed by atoms with Gasteiger partial charge in [0.25, 0.3) is 5.91 Å². The SMILES string of the molecule is C[C@@H](C(=O)Nc1cc(F)ccc1F)[NH+]1CCCCCCC1. The summed E-state index contributed by atoms with van der Waals surface area (Å²) < 4.78 is 26.7. The quantitative estimate of drug-likeness (QED) is 0.880. The number of nitrogens with one attached hydrogen (secondary N) is 2. The fourth-order valence-electron chi connectivity index (χ4n) is 2.81. The van der Waals surface area contributed by atoms with E-state index in [1.165, 1.54) is 24.2 Å². The average molecular weight is 297 g/mol. The van der Waals surface area contributed by atoms with E-state index in [-0.39, 0.29) is 17.6 Å². The zero-order valence-corrected chi connectivity index (χ0v) is 12.4. The molecule has 1 atom stereocenters. The maximum atomic E-state index is 13.6. The molecular formula is C16H23F2N2O+. The lowest BCUT2D eigenvalue weighted by Gasteiger charge is -2.27. The fraction of sp³-hybridized carbons (Fsp3) is 0.562. The zero-order valence-electron chi connectivity index (χ0n) is 12.4. The van der Waals surface area contributed by atoms with Gasteiger partial charge in [-0.2, -0.15) is 0 Å². The van der Waals surface area contributed by atoms with Gasteiger partial charge in [0, 0.05) is 6.07 Å². The third-order valence-corrected chi connectivity index (χ3v) is 4.19. The Hall–Kier alpha value is -1.49. The first kappa shape index (κ1) is 15.9. The van der Waals surface area contributed by atoms with E-state index in [4.69, 9.17) is 0 Å². The molecule has 0 bridgehead atoms. The van der Waals surface area contributed by atoms with Gasteiger partial charge in [0.2, 0.25) is 0 Å². The summed E-state index contributed by atoms with van der Waals surface area (Å²) >= 11 is 0. The predicted molar refractivity (Wildman–Crippen MR) is 78.2 cm³/mol. The number of hydrogen-bond acceptors (Lipinski definition) is 1. The molecule has 1 saturated heterocycles. The van der Waals surface area contributed by atoms with Crippen molar-refractivity contribution >= 4 is 11.6 Å². The van der Waals surface area contributed by atoms with Crippen molar-refractivity contribution in [2.45, 2.75) is 45.1 Å². The van der Waals surface area contributed by atoms with E-state index in [1.54, 1.807) is 0 Å². The number of anilines is 1. The van der Waals surface area contributed by atoms with Crippen LogP contribution in [0.2, 0.25) is 0 Å². The van der Waals surface area contributed by atoms with Gasteiger partial charge >= 0.3 is 0 Å². The van der Waals surface area contributed by atoms with Crippen LogP contribution in [0.1, 0.15) is 39.0 Å². The molecule has 1 aromatic rings. The van der Waals surface area contributed by atoms with Crippen LogP contribution in [0.5, 0.6) is 0 Å². The highest BCUT2D eigenvalue weighted by molar-refractivity contribution is 5.93. The van der Waals surface area contributed by atoms with Crippen molar-refractivity contribution < 1.29 is 18.5 Å². The summed E-state index contributed by atoms with van der Waals surface area (Å²) in [5.74, 6) is -1.42. The largest absolute Gasteiger partial charge is 0.325 e. The molecule has 1 aliphatic heterocycles. The second kappa shape index (κ2) is 7.50. The van der Waals surface area contributed by atoms with Gasteiger partial charge in [-0.25, -0.2) is 8.78 Å². The number of hydrogen-bond donors (Lipinski definition) is 2. The zero-order chi connectivity index (χ0) is 15.2. The van der Waals surface area contributed by atoms with E-state index in [9.17, 15) is 13.6 Å². The molecule has 1 aliphatic rings. The van der Waals surface area contributed by atoms with Crippen molar-refractivity contribution in [1.82, 2.24) is 0 Å². The maximum absolute atomic E-state index is 13.6. The van der Waals surface area contributed by atoms with E-state index < -0.39 is 11.6 Å². The molecule has 3 nitrogen and oxygen atoms in total. The molecule has 116 valence electrons. The Labute approximate surface area is 124 Å². The van der Waals surface area contributed by atoms with Gasteiger partial charge in [-0.15, -0.1) is 0 Å². The number of halogens is 2. The van der Waals surface area contributed by atoms with Crippen LogP contribution < -0.4 is 10.2 Å². The summed E-state index contributed by atoms with van der Waals surface area (Å²) in [6.07, 6.45) is 5.90. The Bertz CT molecular complexity index is 485. The van der Waals surface area contributed by atoms with Crippen molar-refractivity contribution in [2.24, 2.45) is 0 Å². The molecule has 1 fully saturated rings. The molecule has 0 spiro atoms. The standard InChI is InChI=1S/C16H22F2N2O/c1-12(20-9-5-3-2-4-6-10-20)16(21)19-15-11-13(17)7-8-14(15)18/h7-8,11-12H,2-6,9-10H2,1H3,(H,19,21)/p+1/t12-/m0/s1. The number of amides is 1. The Balaban J connectivity index is 1.99. The highest BCUT2D eigenvalue weighted by Crippen LogP contribution is 2.15. The van der Waals surface area contributed by atoms with E-state index in [0.29, 0.717) is 0 Å². The van der Waals surface area contributed by atoms with Crippen LogP contribution in [0.3, 0.4) is 0 Å². The summed E-state index contributed by atoms with van der Waals surface area (Å²) in [4.78, 5) is 13.5. The van der Waals surface area contributed by atoms with Gasteiger partial charge in [-0.05, 0) is 44.7 Å². The minimum Gasteiger partial charge on any atom is -0.325 e. The lowest BCUT2D eigenvalue weighted by molar-refractivity contribution is -0.914. The van der Waals surface area contributed by atoms with E-state index in [1.807, 2.05) is 6.92 Å². The summed E-state index contributed by atoms with van der Waals surface area (Å²) in [6, 6.07) is 2.82.